The summed E-state index contributed by atoms with van der Waals surface area (Å²) in [5.74, 6) is 1.99. The topological polar surface area (TPSA) is 35.6 Å². The first-order valence-corrected chi connectivity index (χ1v) is 9.06. The van der Waals surface area contributed by atoms with E-state index in [-0.39, 0.29) is 5.91 Å². The first kappa shape index (κ1) is 15.0. The molecular weight excluding hydrogens is 286 g/mol. The van der Waals surface area contributed by atoms with Crippen molar-refractivity contribution in [3.63, 3.8) is 0 Å². The van der Waals surface area contributed by atoms with Crippen LogP contribution in [0.15, 0.2) is 24.3 Å². The van der Waals surface area contributed by atoms with Crippen molar-refractivity contribution in [1.29, 1.82) is 0 Å². The molecule has 2 saturated carbocycles. The summed E-state index contributed by atoms with van der Waals surface area (Å²) in [5.41, 5.74) is 2.10. The Morgan fingerprint density at radius 3 is 2.52 bits per heavy atom. The Morgan fingerprint density at radius 1 is 1.09 bits per heavy atom. The Hall–Kier alpha value is -1.55. The van der Waals surface area contributed by atoms with Gasteiger partial charge in [-0.3, -0.25) is 9.69 Å². The van der Waals surface area contributed by atoms with Crippen LogP contribution < -0.4 is 10.2 Å². The minimum atomic E-state index is -0.00179. The van der Waals surface area contributed by atoms with E-state index in [1.165, 1.54) is 25.7 Å². The van der Waals surface area contributed by atoms with Crippen LogP contribution >= 0.6 is 0 Å². The summed E-state index contributed by atoms with van der Waals surface area (Å²) in [4.78, 5) is 16.6. The van der Waals surface area contributed by atoms with Gasteiger partial charge in [0, 0.05) is 39.1 Å². The van der Waals surface area contributed by atoms with Gasteiger partial charge in [-0.15, -0.1) is 0 Å². The lowest BCUT2D eigenvalue weighted by molar-refractivity contribution is -0.114. The van der Waals surface area contributed by atoms with Gasteiger partial charge in [0.1, 0.15) is 0 Å². The zero-order chi connectivity index (χ0) is 15.8. The average Bonchev–Trinajstić information content (AvgIpc) is 3.18. The largest absolute Gasteiger partial charge is 0.367 e. The Labute approximate surface area is 138 Å². The minimum absolute atomic E-state index is 0.00179. The maximum Gasteiger partial charge on any atom is 0.221 e. The molecule has 4 rings (SSSR count). The Kier molecular flexibility index (Phi) is 4.02. The van der Waals surface area contributed by atoms with Gasteiger partial charge in [0.15, 0.2) is 0 Å². The maximum atomic E-state index is 11.4. The number of amides is 1. The van der Waals surface area contributed by atoms with E-state index < -0.39 is 0 Å². The number of benzene rings is 1. The summed E-state index contributed by atoms with van der Waals surface area (Å²) >= 11 is 0. The Morgan fingerprint density at radius 2 is 1.87 bits per heavy atom. The molecule has 0 aromatic heterocycles. The zero-order valence-electron chi connectivity index (χ0n) is 14.0. The third-order valence-electron chi connectivity index (χ3n) is 6.04. The van der Waals surface area contributed by atoms with E-state index >= 15 is 0 Å². The van der Waals surface area contributed by atoms with E-state index in [1.807, 2.05) is 12.1 Å². The van der Waals surface area contributed by atoms with E-state index in [9.17, 15) is 4.79 Å². The second-order valence-corrected chi connectivity index (χ2v) is 7.46. The SMILES string of the molecule is CC(=O)Nc1ccccc1N1CCN(C2CC3CCC2C3)CC1. The first-order valence-electron chi connectivity index (χ1n) is 9.06. The van der Waals surface area contributed by atoms with Crippen LogP contribution in [-0.2, 0) is 4.79 Å². The molecule has 4 heteroatoms. The summed E-state index contributed by atoms with van der Waals surface area (Å²) in [6.45, 7) is 6.00. The number of carbonyl (C=O) groups is 1. The van der Waals surface area contributed by atoms with Crippen molar-refractivity contribution in [2.24, 2.45) is 11.8 Å². The predicted octanol–water partition coefficient (Wildman–Crippen LogP) is 2.96. The van der Waals surface area contributed by atoms with Gasteiger partial charge in [-0.25, -0.2) is 0 Å². The molecule has 3 fully saturated rings. The van der Waals surface area contributed by atoms with Gasteiger partial charge >= 0.3 is 0 Å². The van der Waals surface area contributed by atoms with E-state index in [2.05, 4.69) is 27.2 Å². The summed E-state index contributed by atoms with van der Waals surface area (Å²) in [7, 11) is 0. The lowest BCUT2D eigenvalue weighted by Gasteiger charge is -2.42. The van der Waals surface area contributed by atoms with Crippen molar-refractivity contribution in [2.45, 2.75) is 38.6 Å². The maximum absolute atomic E-state index is 11.4. The zero-order valence-corrected chi connectivity index (χ0v) is 14.0. The quantitative estimate of drug-likeness (QED) is 0.932. The van der Waals surface area contributed by atoms with Gasteiger partial charge in [-0.05, 0) is 43.2 Å². The number of piperazine rings is 1. The molecule has 3 aliphatic rings. The number of rotatable bonds is 3. The third-order valence-corrected chi connectivity index (χ3v) is 6.04. The molecular formula is C19H27N3O. The Balaban J connectivity index is 1.41. The number of para-hydroxylation sites is 2. The molecule has 1 aromatic rings. The van der Waals surface area contributed by atoms with Gasteiger partial charge in [-0.2, -0.15) is 0 Å². The number of carbonyl (C=O) groups excluding carboxylic acids is 1. The smallest absolute Gasteiger partial charge is 0.221 e. The number of nitrogens with zero attached hydrogens (tertiary/aromatic N) is 2. The summed E-state index contributed by atoms with van der Waals surface area (Å²) in [6.07, 6.45) is 5.86. The lowest BCUT2D eigenvalue weighted by atomic mass is 9.93. The van der Waals surface area contributed by atoms with Crippen molar-refractivity contribution >= 4 is 17.3 Å². The lowest BCUT2D eigenvalue weighted by Crippen LogP contribution is -2.51. The molecule has 3 unspecified atom stereocenters. The van der Waals surface area contributed by atoms with Crippen LogP contribution in [0, 0.1) is 11.8 Å². The molecule has 2 bridgehead atoms. The molecule has 0 spiro atoms. The highest BCUT2D eigenvalue weighted by molar-refractivity contribution is 5.92. The number of anilines is 2. The van der Waals surface area contributed by atoms with Crippen LogP contribution in [0.25, 0.3) is 0 Å². The molecule has 0 radical (unpaired) electrons. The molecule has 1 heterocycles. The summed E-state index contributed by atoms with van der Waals surface area (Å²) in [6, 6.07) is 9.02. The van der Waals surface area contributed by atoms with Crippen molar-refractivity contribution in [3.05, 3.63) is 24.3 Å². The van der Waals surface area contributed by atoms with Gasteiger partial charge in [0.05, 0.1) is 11.4 Å². The Bertz CT molecular complexity index is 580. The van der Waals surface area contributed by atoms with E-state index in [4.69, 9.17) is 0 Å². The van der Waals surface area contributed by atoms with E-state index in [0.717, 1.165) is 55.4 Å². The predicted molar refractivity (Wildman–Crippen MR) is 93.8 cm³/mol. The molecule has 124 valence electrons. The van der Waals surface area contributed by atoms with Gasteiger partial charge < -0.3 is 10.2 Å². The molecule has 3 atom stereocenters. The van der Waals surface area contributed by atoms with E-state index in [1.54, 1.807) is 6.92 Å². The van der Waals surface area contributed by atoms with Crippen LogP contribution in [-0.4, -0.2) is 43.0 Å². The second-order valence-electron chi connectivity index (χ2n) is 7.46. The highest BCUT2D eigenvalue weighted by Crippen LogP contribution is 2.46. The number of fused-ring (bicyclic) bond motifs is 2. The molecule has 1 aliphatic heterocycles. The average molecular weight is 313 g/mol. The van der Waals surface area contributed by atoms with Crippen LogP contribution in [0.1, 0.15) is 32.6 Å². The monoisotopic (exact) mass is 313 g/mol. The van der Waals surface area contributed by atoms with Gasteiger partial charge in [0.2, 0.25) is 5.91 Å². The van der Waals surface area contributed by atoms with Crippen LogP contribution in [0.2, 0.25) is 0 Å². The van der Waals surface area contributed by atoms with E-state index in [0.29, 0.717) is 0 Å². The number of hydrogen-bond donors (Lipinski definition) is 1. The number of nitrogens with one attached hydrogen (secondary N) is 1. The highest BCUT2D eigenvalue weighted by Gasteiger charge is 2.42. The summed E-state index contributed by atoms with van der Waals surface area (Å²) < 4.78 is 0. The van der Waals surface area contributed by atoms with Gasteiger partial charge in [0.25, 0.3) is 0 Å². The molecule has 23 heavy (non-hydrogen) atoms. The fourth-order valence-electron chi connectivity index (χ4n) is 5.00. The first-order chi connectivity index (χ1) is 11.2. The fraction of sp³-hybridized carbons (Fsp3) is 0.632. The molecule has 1 aromatic carbocycles. The van der Waals surface area contributed by atoms with Crippen LogP contribution in [0.3, 0.4) is 0 Å². The second kappa shape index (κ2) is 6.16. The molecule has 1 N–H and O–H groups in total. The highest BCUT2D eigenvalue weighted by atomic mass is 16.1. The van der Waals surface area contributed by atoms with Crippen LogP contribution in [0.5, 0.6) is 0 Å². The molecule has 4 nitrogen and oxygen atoms in total. The minimum Gasteiger partial charge on any atom is -0.367 e. The van der Waals surface area contributed by atoms with Crippen molar-refractivity contribution in [3.8, 4) is 0 Å². The van der Waals surface area contributed by atoms with Crippen molar-refractivity contribution in [2.75, 3.05) is 36.4 Å². The molecule has 2 aliphatic carbocycles. The van der Waals surface area contributed by atoms with Crippen molar-refractivity contribution in [1.82, 2.24) is 4.90 Å². The molecule has 1 amide bonds. The molecule has 1 saturated heterocycles. The van der Waals surface area contributed by atoms with Crippen LogP contribution in [0.4, 0.5) is 11.4 Å². The standard InChI is InChI=1S/C19H27N3O/c1-14(23)20-17-4-2-3-5-18(17)21-8-10-22(11-9-21)19-13-15-6-7-16(19)12-15/h2-5,15-16,19H,6-13H2,1H3,(H,20,23). The third kappa shape index (κ3) is 2.97. The van der Waals surface area contributed by atoms with Gasteiger partial charge in [-0.1, -0.05) is 18.6 Å². The normalized spacial score (nSPS) is 30.7. The van der Waals surface area contributed by atoms with Crippen molar-refractivity contribution < 1.29 is 4.79 Å². The fourth-order valence-corrected chi connectivity index (χ4v) is 5.00. The summed E-state index contributed by atoms with van der Waals surface area (Å²) in [5, 5.41) is 2.96. The number of hydrogen-bond acceptors (Lipinski definition) is 3.